The minimum Gasteiger partial charge on any atom is -0.466 e. The first-order valence-corrected chi connectivity index (χ1v) is 5.50. The number of aliphatic imine (C=N–C) groups is 1. The van der Waals surface area contributed by atoms with Crippen LogP contribution < -0.4 is 0 Å². The van der Waals surface area contributed by atoms with E-state index < -0.39 is 6.10 Å². The lowest BCUT2D eigenvalue weighted by Gasteiger charge is -2.13. The molecule has 0 aromatic carbocycles. The number of nitrogens with zero attached hydrogens (tertiary/aromatic N) is 2. The van der Waals surface area contributed by atoms with Crippen molar-refractivity contribution in [2.75, 3.05) is 7.11 Å². The van der Waals surface area contributed by atoms with E-state index in [1.807, 2.05) is 12.1 Å². The summed E-state index contributed by atoms with van der Waals surface area (Å²) in [6.45, 7) is 0. The van der Waals surface area contributed by atoms with Crippen molar-refractivity contribution >= 4 is 11.9 Å². The fraction of sp³-hybridized carbons (Fsp3) is 0.417. The molecule has 5 heteroatoms. The third-order valence-electron chi connectivity index (χ3n) is 3.13. The van der Waals surface area contributed by atoms with Gasteiger partial charge in [0.1, 0.15) is 5.54 Å². The molecule has 0 saturated heterocycles. The molecule has 0 radical (unpaired) electrons. The summed E-state index contributed by atoms with van der Waals surface area (Å²) < 4.78 is 10.4. The molecule has 2 heterocycles. The monoisotopic (exact) mass is 232 g/mol. The van der Waals surface area contributed by atoms with E-state index in [9.17, 15) is 4.79 Å². The quantitative estimate of drug-likeness (QED) is 0.712. The lowest BCUT2D eigenvalue weighted by Crippen LogP contribution is -2.34. The van der Waals surface area contributed by atoms with Gasteiger partial charge in [-0.2, -0.15) is 0 Å². The maximum absolute atomic E-state index is 11.6. The first kappa shape index (κ1) is 10.3. The Morgan fingerprint density at radius 1 is 1.59 bits per heavy atom. The number of rotatable bonds is 2. The van der Waals surface area contributed by atoms with Crippen molar-refractivity contribution in [3.05, 3.63) is 30.1 Å². The third-order valence-corrected chi connectivity index (χ3v) is 3.13. The summed E-state index contributed by atoms with van der Waals surface area (Å²) in [5.74, 6) is 0.135. The highest BCUT2D eigenvalue weighted by molar-refractivity contribution is 5.98. The fourth-order valence-electron chi connectivity index (χ4n) is 2.01. The molecule has 1 atom stereocenters. The molecule has 2 aliphatic rings. The standard InChI is InChI=1S/C12H12N2O3/c1-16-11(15)9-12(4-5-12)14-10(17-9)8-3-2-6-13-7-8/h2-3,6-7,9H,4-5H2,1H3. The number of carbonyl (C=O) groups excluding carboxylic acids is 1. The number of esters is 1. The van der Waals surface area contributed by atoms with Crippen LogP contribution in [0.1, 0.15) is 18.4 Å². The summed E-state index contributed by atoms with van der Waals surface area (Å²) in [6, 6.07) is 3.67. The molecule has 1 aromatic rings. The Morgan fingerprint density at radius 3 is 3.00 bits per heavy atom. The first-order chi connectivity index (χ1) is 8.25. The second-order valence-electron chi connectivity index (χ2n) is 4.28. The van der Waals surface area contributed by atoms with Gasteiger partial charge in [-0.25, -0.2) is 9.79 Å². The third kappa shape index (κ3) is 1.58. The number of ether oxygens (including phenoxy) is 2. The van der Waals surface area contributed by atoms with Crippen molar-refractivity contribution in [1.82, 2.24) is 4.98 Å². The van der Waals surface area contributed by atoms with Gasteiger partial charge in [0.2, 0.25) is 12.0 Å². The number of pyridine rings is 1. The van der Waals surface area contributed by atoms with Gasteiger partial charge in [-0.1, -0.05) is 0 Å². The van der Waals surface area contributed by atoms with Crippen LogP contribution in [0.15, 0.2) is 29.5 Å². The maximum Gasteiger partial charge on any atom is 0.349 e. The van der Waals surface area contributed by atoms with Crippen LogP contribution in [0.5, 0.6) is 0 Å². The number of hydrogen-bond acceptors (Lipinski definition) is 5. The summed E-state index contributed by atoms with van der Waals surface area (Å²) in [6.07, 6.45) is 4.51. The predicted molar refractivity (Wildman–Crippen MR) is 59.6 cm³/mol. The Bertz CT molecular complexity index is 480. The number of hydrogen-bond donors (Lipinski definition) is 0. The van der Waals surface area contributed by atoms with Gasteiger partial charge >= 0.3 is 5.97 Å². The van der Waals surface area contributed by atoms with Gasteiger partial charge in [-0.15, -0.1) is 0 Å². The van der Waals surface area contributed by atoms with E-state index in [1.165, 1.54) is 7.11 Å². The number of methoxy groups -OCH3 is 1. The second kappa shape index (κ2) is 3.55. The smallest absolute Gasteiger partial charge is 0.349 e. The summed E-state index contributed by atoms with van der Waals surface area (Å²) in [5.41, 5.74) is 0.420. The molecule has 0 bridgehead atoms. The van der Waals surface area contributed by atoms with Crippen molar-refractivity contribution < 1.29 is 14.3 Å². The highest BCUT2D eigenvalue weighted by Gasteiger charge is 2.59. The van der Waals surface area contributed by atoms with Gasteiger partial charge < -0.3 is 9.47 Å². The first-order valence-electron chi connectivity index (χ1n) is 5.50. The van der Waals surface area contributed by atoms with E-state index in [0.717, 1.165) is 18.4 Å². The van der Waals surface area contributed by atoms with Crippen molar-refractivity contribution in [3.63, 3.8) is 0 Å². The van der Waals surface area contributed by atoms with Crippen LogP contribution >= 0.6 is 0 Å². The highest BCUT2D eigenvalue weighted by atomic mass is 16.6. The summed E-state index contributed by atoms with van der Waals surface area (Å²) in [7, 11) is 1.36. The van der Waals surface area contributed by atoms with Crippen LogP contribution in [-0.2, 0) is 14.3 Å². The fourth-order valence-corrected chi connectivity index (χ4v) is 2.01. The molecule has 3 rings (SSSR count). The van der Waals surface area contributed by atoms with Gasteiger partial charge in [-0.3, -0.25) is 4.98 Å². The minimum atomic E-state index is -0.595. The van der Waals surface area contributed by atoms with Gasteiger partial charge in [-0.05, 0) is 25.0 Å². The van der Waals surface area contributed by atoms with Crippen LogP contribution in [0.3, 0.4) is 0 Å². The molecule has 1 fully saturated rings. The van der Waals surface area contributed by atoms with Crippen LogP contribution in [0, 0.1) is 0 Å². The highest BCUT2D eigenvalue weighted by Crippen LogP contribution is 2.48. The minimum absolute atomic E-state index is 0.356. The molecule has 88 valence electrons. The maximum atomic E-state index is 11.6. The van der Waals surface area contributed by atoms with Gasteiger partial charge in [0.15, 0.2) is 0 Å². The molecule has 0 amide bonds. The Balaban J connectivity index is 1.89. The van der Waals surface area contributed by atoms with Crippen molar-refractivity contribution in [3.8, 4) is 0 Å². The Morgan fingerprint density at radius 2 is 2.41 bits per heavy atom. The van der Waals surface area contributed by atoms with E-state index in [-0.39, 0.29) is 11.5 Å². The van der Waals surface area contributed by atoms with E-state index in [4.69, 9.17) is 9.47 Å². The van der Waals surface area contributed by atoms with E-state index in [0.29, 0.717) is 5.90 Å². The van der Waals surface area contributed by atoms with Gasteiger partial charge in [0, 0.05) is 12.4 Å². The lowest BCUT2D eigenvalue weighted by atomic mass is 10.1. The molecule has 1 unspecified atom stereocenters. The topological polar surface area (TPSA) is 60.8 Å². The van der Waals surface area contributed by atoms with E-state index in [1.54, 1.807) is 12.4 Å². The molecule has 0 N–H and O–H groups in total. The van der Waals surface area contributed by atoms with Gasteiger partial charge in [0.25, 0.3) is 0 Å². The molecule has 1 spiro atoms. The van der Waals surface area contributed by atoms with Gasteiger partial charge in [0.05, 0.1) is 12.7 Å². The molecule has 1 saturated carbocycles. The lowest BCUT2D eigenvalue weighted by molar-refractivity contribution is -0.149. The molecule has 5 nitrogen and oxygen atoms in total. The molecule has 17 heavy (non-hydrogen) atoms. The average Bonchev–Trinajstić information content (AvgIpc) is 3.03. The zero-order valence-electron chi connectivity index (χ0n) is 9.42. The second-order valence-corrected chi connectivity index (χ2v) is 4.28. The van der Waals surface area contributed by atoms with Crippen LogP contribution in [0.4, 0.5) is 0 Å². The van der Waals surface area contributed by atoms with Crippen molar-refractivity contribution in [2.45, 2.75) is 24.5 Å². The Labute approximate surface area is 98.5 Å². The van der Waals surface area contributed by atoms with Crippen molar-refractivity contribution in [1.29, 1.82) is 0 Å². The number of aromatic nitrogens is 1. The zero-order valence-corrected chi connectivity index (χ0v) is 9.42. The average molecular weight is 232 g/mol. The van der Waals surface area contributed by atoms with Crippen LogP contribution in [0.25, 0.3) is 0 Å². The van der Waals surface area contributed by atoms with Crippen LogP contribution in [-0.4, -0.2) is 35.6 Å². The molecule has 1 aliphatic heterocycles. The Kier molecular flexibility index (Phi) is 2.14. The summed E-state index contributed by atoms with van der Waals surface area (Å²) in [4.78, 5) is 20.1. The molecule has 1 aromatic heterocycles. The molecular formula is C12H12N2O3. The summed E-state index contributed by atoms with van der Waals surface area (Å²) in [5, 5.41) is 0. The molecule has 1 aliphatic carbocycles. The normalized spacial score (nSPS) is 24.1. The number of carbonyl (C=O) groups is 1. The van der Waals surface area contributed by atoms with E-state index in [2.05, 4.69) is 9.98 Å². The largest absolute Gasteiger partial charge is 0.466 e. The van der Waals surface area contributed by atoms with E-state index >= 15 is 0 Å². The SMILES string of the molecule is COC(=O)C1OC(c2cccnc2)=NC12CC2. The zero-order chi connectivity index (χ0) is 11.9. The van der Waals surface area contributed by atoms with Crippen LogP contribution in [0.2, 0.25) is 0 Å². The van der Waals surface area contributed by atoms with Crippen molar-refractivity contribution in [2.24, 2.45) is 4.99 Å². The molecular weight excluding hydrogens is 220 g/mol. The Hall–Kier alpha value is -1.91. The summed E-state index contributed by atoms with van der Waals surface area (Å²) >= 11 is 0. The predicted octanol–water partition coefficient (Wildman–Crippen LogP) is 0.933.